The van der Waals surface area contributed by atoms with Gasteiger partial charge in [-0.25, -0.2) is 4.98 Å². The summed E-state index contributed by atoms with van der Waals surface area (Å²) < 4.78 is 0. The Morgan fingerprint density at radius 1 is 1.25 bits per heavy atom. The molecule has 0 fully saturated rings. The minimum atomic E-state index is 0.0507. The van der Waals surface area contributed by atoms with Gasteiger partial charge in [0.1, 0.15) is 5.01 Å². The number of hydrogen-bond acceptors (Lipinski definition) is 4. The average Bonchev–Trinajstić information content (AvgIpc) is 2.82. The number of nitrogens with two attached hydrogens (primary N) is 1. The zero-order chi connectivity index (χ0) is 14.8. The fourth-order valence-electron chi connectivity index (χ4n) is 1.95. The molecule has 0 spiro atoms. The molecule has 1 aromatic heterocycles. The molecule has 0 amide bonds. The molecule has 2 aromatic rings. The molecule has 2 N–H and O–H groups in total. The first-order chi connectivity index (χ1) is 9.38. The van der Waals surface area contributed by atoms with Crippen LogP contribution in [0.1, 0.15) is 49.3 Å². The molecule has 1 atom stereocenters. The van der Waals surface area contributed by atoms with Crippen LogP contribution in [0.5, 0.6) is 0 Å². The van der Waals surface area contributed by atoms with Gasteiger partial charge in [-0.15, -0.1) is 23.1 Å². The number of thioether (sulfide) groups is 1. The van der Waals surface area contributed by atoms with Crippen molar-refractivity contribution in [1.29, 1.82) is 0 Å². The molecule has 0 saturated carbocycles. The first-order valence-electron chi connectivity index (χ1n) is 6.81. The van der Waals surface area contributed by atoms with Crippen LogP contribution in [0, 0.1) is 0 Å². The van der Waals surface area contributed by atoms with Crippen LogP contribution in [0.2, 0.25) is 0 Å². The maximum Gasteiger partial charge on any atom is 0.103 e. The van der Waals surface area contributed by atoms with Crippen LogP contribution < -0.4 is 5.73 Å². The molecule has 0 aliphatic heterocycles. The molecular formula is C16H22N2S2. The number of aromatic nitrogens is 1. The van der Waals surface area contributed by atoms with E-state index in [1.807, 2.05) is 24.8 Å². The lowest BCUT2D eigenvalue weighted by Crippen LogP contribution is -2.17. The van der Waals surface area contributed by atoms with E-state index in [-0.39, 0.29) is 11.5 Å². The lowest BCUT2D eigenvalue weighted by Gasteiger charge is -2.18. The van der Waals surface area contributed by atoms with E-state index in [0.29, 0.717) is 0 Å². The summed E-state index contributed by atoms with van der Waals surface area (Å²) in [6.45, 7) is 8.63. The summed E-state index contributed by atoms with van der Waals surface area (Å²) in [5.41, 5.74) is 7.30. The highest BCUT2D eigenvalue weighted by Crippen LogP contribution is 2.35. The second kappa shape index (κ2) is 6.29. The highest BCUT2D eigenvalue weighted by Gasteiger charge is 2.24. The Balaban J connectivity index is 2.17. The Bertz CT molecular complexity index is 554. The van der Waals surface area contributed by atoms with Crippen molar-refractivity contribution in [1.82, 2.24) is 4.98 Å². The van der Waals surface area contributed by atoms with Gasteiger partial charge in [0.05, 0.1) is 11.4 Å². The van der Waals surface area contributed by atoms with Gasteiger partial charge in [0.15, 0.2) is 0 Å². The Morgan fingerprint density at radius 3 is 2.40 bits per heavy atom. The van der Waals surface area contributed by atoms with Gasteiger partial charge in [0, 0.05) is 21.2 Å². The van der Waals surface area contributed by atoms with Crippen molar-refractivity contribution in [2.75, 3.05) is 0 Å². The molecule has 2 nitrogen and oxygen atoms in total. The average molecular weight is 307 g/mol. The molecule has 108 valence electrons. The van der Waals surface area contributed by atoms with Crippen molar-refractivity contribution in [3.63, 3.8) is 0 Å². The van der Waals surface area contributed by atoms with E-state index in [9.17, 15) is 0 Å². The third kappa shape index (κ3) is 3.84. The zero-order valence-electron chi connectivity index (χ0n) is 12.5. The van der Waals surface area contributed by atoms with Crippen LogP contribution in [0.3, 0.4) is 0 Å². The fraction of sp³-hybridized carbons (Fsp3) is 0.438. The van der Waals surface area contributed by atoms with Gasteiger partial charge in [0.25, 0.3) is 0 Å². The van der Waals surface area contributed by atoms with Crippen molar-refractivity contribution in [3.8, 4) is 0 Å². The second-order valence-corrected chi connectivity index (χ2v) is 8.12. The summed E-state index contributed by atoms with van der Waals surface area (Å²) in [7, 11) is 0. The molecule has 0 bridgehead atoms. The van der Waals surface area contributed by atoms with Crippen molar-refractivity contribution in [2.24, 2.45) is 5.73 Å². The first-order valence-corrected chi connectivity index (χ1v) is 8.61. The lowest BCUT2D eigenvalue weighted by molar-refractivity contribution is 0.559. The maximum absolute atomic E-state index is 6.10. The van der Waals surface area contributed by atoms with E-state index in [2.05, 4.69) is 45.0 Å². The highest BCUT2D eigenvalue weighted by atomic mass is 32.2. The number of hydrogen-bond donors (Lipinski definition) is 1. The number of rotatable bonds is 4. The molecule has 2 rings (SSSR count). The molecule has 1 unspecified atom stereocenters. The molecule has 0 radical (unpaired) electrons. The van der Waals surface area contributed by atoms with Crippen LogP contribution >= 0.6 is 23.1 Å². The SMILES string of the molecule is CC(N)c1sc(CSc2ccccc2)nc1C(C)(C)C. The fourth-order valence-corrected chi connectivity index (χ4v) is 4.09. The molecule has 0 aliphatic rings. The monoisotopic (exact) mass is 306 g/mol. The van der Waals surface area contributed by atoms with Gasteiger partial charge >= 0.3 is 0 Å². The maximum atomic E-state index is 6.10. The van der Waals surface area contributed by atoms with Gasteiger partial charge in [-0.3, -0.25) is 0 Å². The van der Waals surface area contributed by atoms with Crippen LogP contribution in [-0.2, 0) is 11.2 Å². The minimum Gasteiger partial charge on any atom is -0.323 e. The normalized spacial score (nSPS) is 13.4. The molecule has 0 saturated heterocycles. The van der Waals surface area contributed by atoms with E-state index >= 15 is 0 Å². The minimum absolute atomic E-state index is 0.0507. The molecule has 1 heterocycles. The van der Waals surface area contributed by atoms with Crippen LogP contribution in [0.4, 0.5) is 0 Å². The summed E-state index contributed by atoms with van der Waals surface area (Å²) in [6.07, 6.45) is 0. The highest BCUT2D eigenvalue weighted by molar-refractivity contribution is 7.98. The summed E-state index contributed by atoms with van der Waals surface area (Å²) in [5, 5.41) is 1.16. The largest absolute Gasteiger partial charge is 0.323 e. The Kier molecular flexibility index (Phi) is 4.89. The topological polar surface area (TPSA) is 38.9 Å². The molecular weight excluding hydrogens is 284 g/mol. The van der Waals surface area contributed by atoms with Crippen molar-refractivity contribution < 1.29 is 0 Å². The second-order valence-electron chi connectivity index (χ2n) is 5.96. The summed E-state index contributed by atoms with van der Waals surface area (Å²) in [4.78, 5) is 7.34. The zero-order valence-corrected chi connectivity index (χ0v) is 14.1. The number of benzene rings is 1. The van der Waals surface area contributed by atoms with E-state index in [1.165, 1.54) is 9.77 Å². The number of thiazole rings is 1. The third-order valence-corrected chi connectivity index (χ3v) is 5.39. The molecule has 0 aliphatic carbocycles. The Morgan fingerprint density at radius 2 is 1.90 bits per heavy atom. The van der Waals surface area contributed by atoms with Crippen LogP contribution in [0.15, 0.2) is 35.2 Å². The predicted molar refractivity (Wildman–Crippen MR) is 89.4 cm³/mol. The van der Waals surface area contributed by atoms with Crippen molar-refractivity contribution in [2.45, 2.75) is 49.8 Å². The Labute approximate surface area is 129 Å². The van der Waals surface area contributed by atoms with Gasteiger partial charge in [-0.05, 0) is 19.1 Å². The van der Waals surface area contributed by atoms with Crippen LogP contribution in [-0.4, -0.2) is 4.98 Å². The van der Waals surface area contributed by atoms with Crippen molar-refractivity contribution in [3.05, 3.63) is 45.9 Å². The molecule has 4 heteroatoms. The smallest absolute Gasteiger partial charge is 0.103 e. The summed E-state index contributed by atoms with van der Waals surface area (Å²) in [6, 6.07) is 10.5. The van der Waals surface area contributed by atoms with Gasteiger partial charge < -0.3 is 5.73 Å². The standard InChI is InChI=1S/C16H22N2S2/c1-11(17)14-15(16(2,3)4)18-13(20-14)10-19-12-8-6-5-7-9-12/h5-9,11H,10,17H2,1-4H3. The number of nitrogens with zero attached hydrogens (tertiary/aromatic N) is 1. The Hall–Kier alpha value is -0.840. The summed E-state index contributed by atoms with van der Waals surface area (Å²) in [5.74, 6) is 0.907. The van der Waals surface area contributed by atoms with Crippen LogP contribution in [0.25, 0.3) is 0 Å². The first kappa shape index (κ1) is 15.5. The molecule has 20 heavy (non-hydrogen) atoms. The van der Waals surface area contributed by atoms with E-state index in [1.54, 1.807) is 11.3 Å². The lowest BCUT2D eigenvalue weighted by atomic mass is 9.90. The third-order valence-electron chi connectivity index (χ3n) is 2.93. The quantitative estimate of drug-likeness (QED) is 0.828. The predicted octanol–water partition coefficient (Wildman–Crippen LogP) is 4.75. The van der Waals surface area contributed by atoms with E-state index in [0.717, 1.165) is 16.5 Å². The van der Waals surface area contributed by atoms with Crippen molar-refractivity contribution >= 4 is 23.1 Å². The van der Waals surface area contributed by atoms with Gasteiger partial charge in [-0.1, -0.05) is 39.0 Å². The van der Waals surface area contributed by atoms with Gasteiger partial charge in [-0.2, -0.15) is 0 Å². The molecule has 1 aromatic carbocycles. The van der Waals surface area contributed by atoms with E-state index < -0.39 is 0 Å². The van der Waals surface area contributed by atoms with E-state index in [4.69, 9.17) is 10.7 Å². The summed E-state index contributed by atoms with van der Waals surface area (Å²) >= 11 is 3.58. The van der Waals surface area contributed by atoms with Gasteiger partial charge in [0.2, 0.25) is 0 Å².